The van der Waals surface area contributed by atoms with Gasteiger partial charge in [-0.2, -0.15) is 0 Å². The van der Waals surface area contributed by atoms with Crippen LogP contribution in [0.5, 0.6) is 0 Å². The summed E-state index contributed by atoms with van der Waals surface area (Å²) >= 11 is 0. The SMILES string of the molecule is c1ccc(C2(c3ccccc3)c3cc(-c4cccc(-c5cccc(-c6ccc7c8ccccc8c8ccccc8c7c6)c5)c4)ccc3-n3c2nc2ccccc23)cc1. The molecule has 0 radical (unpaired) electrons. The van der Waals surface area contributed by atoms with Crippen LogP contribution < -0.4 is 0 Å². The minimum absolute atomic E-state index is 0.601. The van der Waals surface area contributed by atoms with Crippen molar-refractivity contribution in [3.63, 3.8) is 0 Å². The number of para-hydroxylation sites is 2. The molecule has 0 fully saturated rings. The van der Waals surface area contributed by atoms with E-state index in [2.05, 4.69) is 223 Å². The molecule has 11 aromatic rings. The van der Waals surface area contributed by atoms with Gasteiger partial charge in [-0.05, 0) is 125 Å². The van der Waals surface area contributed by atoms with Crippen molar-refractivity contribution >= 4 is 43.4 Å². The van der Waals surface area contributed by atoms with E-state index in [-0.39, 0.29) is 0 Å². The molecular weight excluding hydrogens is 701 g/mol. The number of fused-ring (bicyclic) bond motifs is 11. The van der Waals surface area contributed by atoms with Crippen LogP contribution in [-0.2, 0) is 5.41 Å². The number of rotatable bonds is 5. The van der Waals surface area contributed by atoms with Crippen LogP contribution in [0.2, 0.25) is 0 Å². The van der Waals surface area contributed by atoms with Crippen LogP contribution in [-0.4, -0.2) is 9.55 Å². The van der Waals surface area contributed by atoms with Gasteiger partial charge in [0.1, 0.15) is 11.2 Å². The van der Waals surface area contributed by atoms with Gasteiger partial charge in [0, 0.05) is 0 Å². The van der Waals surface area contributed by atoms with Gasteiger partial charge in [0.25, 0.3) is 0 Å². The third-order valence-corrected chi connectivity index (χ3v) is 12.4. The molecule has 0 atom stereocenters. The van der Waals surface area contributed by atoms with Crippen molar-refractivity contribution in [2.45, 2.75) is 5.41 Å². The number of benzene rings is 10. The van der Waals surface area contributed by atoms with Gasteiger partial charge in [-0.1, -0.05) is 176 Å². The standard InChI is InChI=1S/C56H36N2/c1-3-19-43(20-4-1)56(44-21-5-2-6-22-44)51-36-42(30-32-53(51)58-54-28-12-11-27-52(54)57-55(56)58)40-18-14-16-38(34-40)37-15-13-17-39(33-37)41-29-31-49-47-25-8-7-23-45(47)46-24-9-10-26-48(46)50(49)35-41/h1-36H. The van der Waals surface area contributed by atoms with Gasteiger partial charge in [0.15, 0.2) is 0 Å². The summed E-state index contributed by atoms with van der Waals surface area (Å²) < 4.78 is 2.38. The van der Waals surface area contributed by atoms with Gasteiger partial charge in [-0.15, -0.1) is 0 Å². The zero-order valence-electron chi connectivity index (χ0n) is 31.7. The van der Waals surface area contributed by atoms with Crippen molar-refractivity contribution in [1.82, 2.24) is 9.55 Å². The Bertz CT molecular complexity index is 3320. The number of imidazole rings is 1. The molecule has 0 aliphatic carbocycles. The van der Waals surface area contributed by atoms with Crippen LogP contribution >= 0.6 is 0 Å². The van der Waals surface area contributed by atoms with E-state index < -0.39 is 5.41 Å². The highest BCUT2D eigenvalue weighted by molar-refractivity contribution is 6.25. The Labute approximate surface area is 336 Å². The van der Waals surface area contributed by atoms with E-state index in [1.807, 2.05) is 0 Å². The summed E-state index contributed by atoms with van der Waals surface area (Å²) in [7, 11) is 0. The molecule has 0 saturated carbocycles. The van der Waals surface area contributed by atoms with Gasteiger partial charge in [0.05, 0.1) is 16.7 Å². The van der Waals surface area contributed by atoms with Crippen molar-refractivity contribution < 1.29 is 0 Å². The second-order valence-corrected chi connectivity index (χ2v) is 15.5. The van der Waals surface area contributed by atoms with Crippen LogP contribution in [0.15, 0.2) is 218 Å². The number of hydrogen-bond donors (Lipinski definition) is 0. The Morgan fingerprint density at radius 3 is 1.36 bits per heavy atom. The van der Waals surface area contributed by atoms with E-state index in [0.29, 0.717) is 0 Å². The van der Waals surface area contributed by atoms with Crippen molar-refractivity contribution in [3.8, 4) is 39.1 Å². The summed E-state index contributed by atoms with van der Waals surface area (Å²) in [5.74, 6) is 1.03. The number of aromatic nitrogens is 2. The van der Waals surface area contributed by atoms with Crippen molar-refractivity contribution in [1.29, 1.82) is 0 Å². The summed E-state index contributed by atoms with van der Waals surface area (Å²) in [5, 5.41) is 7.75. The van der Waals surface area contributed by atoms with Crippen molar-refractivity contribution in [2.24, 2.45) is 0 Å². The summed E-state index contributed by atoms with van der Waals surface area (Å²) in [5.41, 5.74) is 13.5. The van der Waals surface area contributed by atoms with E-state index >= 15 is 0 Å². The predicted octanol–water partition coefficient (Wildman–Crippen LogP) is 14.2. The topological polar surface area (TPSA) is 17.8 Å². The van der Waals surface area contributed by atoms with E-state index in [9.17, 15) is 0 Å². The molecule has 1 aliphatic heterocycles. The fourth-order valence-electron chi connectivity index (χ4n) is 9.81. The Kier molecular flexibility index (Phi) is 7.18. The van der Waals surface area contributed by atoms with E-state index in [1.54, 1.807) is 0 Å². The Morgan fingerprint density at radius 2 is 0.776 bits per heavy atom. The number of nitrogens with zero attached hydrogens (tertiary/aromatic N) is 2. The molecular formula is C56H36N2. The molecule has 0 N–H and O–H groups in total. The molecule has 2 nitrogen and oxygen atoms in total. The highest BCUT2D eigenvalue weighted by atomic mass is 15.1. The fourth-order valence-corrected chi connectivity index (χ4v) is 9.81. The number of hydrogen-bond acceptors (Lipinski definition) is 1. The minimum Gasteiger partial charge on any atom is -0.295 e. The monoisotopic (exact) mass is 736 g/mol. The molecule has 270 valence electrons. The molecule has 1 aromatic heterocycles. The Balaban J connectivity index is 0.993. The van der Waals surface area contributed by atoms with Crippen molar-refractivity contribution in [2.75, 3.05) is 0 Å². The lowest BCUT2D eigenvalue weighted by molar-refractivity contribution is 0.718. The molecule has 0 saturated heterocycles. The second kappa shape index (κ2) is 12.7. The fraction of sp³-hybridized carbons (Fsp3) is 0.0179. The van der Waals surface area contributed by atoms with Crippen LogP contribution in [0.4, 0.5) is 0 Å². The molecule has 10 aromatic carbocycles. The van der Waals surface area contributed by atoms with Gasteiger partial charge >= 0.3 is 0 Å². The third-order valence-electron chi connectivity index (χ3n) is 12.4. The lowest BCUT2D eigenvalue weighted by atomic mass is 9.69. The normalized spacial score (nSPS) is 13.0. The highest BCUT2D eigenvalue weighted by Gasteiger charge is 2.49. The minimum atomic E-state index is -0.601. The maximum Gasteiger partial charge on any atom is 0.134 e. The maximum atomic E-state index is 5.41. The third kappa shape index (κ3) is 4.76. The van der Waals surface area contributed by atoms with Gasteiger partial charge in [0.2, 0.25) is 0 Å². The van der Waals surface area contributed by atoms with Crippen molar-refractivity contribution in [3.05, 3.63) is 241 Å². The molecule has 2 heteroatoms. The smallest absolute Gasteiger partial charge is 0.134 e. The first-order chi connectivity index (χ1) is 28.8. The Morgan fingerprint density at radius 1 is 0.328 bits per heavy atom. The quantitative estimate of drug-likeness (QED) is 0.161. The van der Waals surface area contributed by atoms with Gasteiger partial charge in [-0.25, -0.2) is 4.98 Å². The van der Waals surface area contributed by atoms with Crippen LogP contribution in [0.1, 0.15) is 22.5 Å². The van der Waals surface area contributed by atoms with E-state index in [0.717, 1.165) is 16.9 Å². The summed E-state index contributed by atoms with van der Waals surface area (Å²) in [4.78, 5) is 5.41. The van der Waals surface area contributed by atoms with Gasteiger partial charge in [-0.3, -0.25) is 4.57 Å². The molecule has 1 aliphatic rings. The first-order valence-corrected chi connectivity index (χ1v) is 20.0. The van der Waals surface area contributed by atoms with Crippen LogP contribution in [0, 0.1) is 0 Å². The predicted molar refractivity (Wildman–Crippen MR) is 242 cm³/mol. The summed E-state index contributed by atoms with van der Waals surface area (Å²) in [6, 6.07) is 79.9. The zero-order valence-corrected chi connectivity index (χ0v) is 31.7. The molecule has 0 spiro atoms. The first kappa shape index (κ1) is 32.7. The van der Waals surface area contributed by atoms with Crippen LogP contribution in [0.25, 0.3) is 82.4 Å². The van der Waals surface area contributed by atoms with E-state index in [1.165, 1.54) is 88.1 Å². The zero-order chi connectivity index (χ0) is 38.2. The maximum absolute atomic E-state index is 5.41. The average molecular weight is 737 g/mol. The lowest BCUT2D eigenvalue weighted by Crippen LogP contribution is -2.29. The summed E-state index contributed by atoms with van der Waals surface area (Å²) in [6.07, 6.45) is 0. The molecule has 2 heterocycles. The molecule has 0 unspecified atom stereocenters. The highest BCUT2D eigenvalue weighted by Crippen LogP contribution is 2.53. The molecule has 0 bridgehead atoms. The van der Waals surface area contributed by atoms with Gasteiger partial charge < -0.3 is 0 Å². The molecule has 58 heavy (non-hydrogen) atoms. The first-order valence-electron chi connectivity index (χ1n) is 20.0. The molecule has 12 rings (SSSR count). The van der Waals surface area contributed by atoms with Crippen LogP contribution in [0.3, 0.4) is 0 Å². The average Bonchev–Trinajstić information content (AvgIpc) is 3.83. The molecule has 0 amide bonds. The Hall–Kier alpha value is -7.55. The lowest BCUT2D eigenvalue weighted by Gasteiger charge is -2.31. The van der Waals surface area contributed by atoms with E-state index in [4.69, 9.17) is 4.98 Å². The second-order valence-electron chi connectivity index (χ2n) is 15.5. The summed E-state index contributed by atoms with van der Waals surface area (Å²) in [6.45, 7) is 0. The largest absolute Gasteiger partial charge is 0.295 e.